The van der Waals surface area contributed by atoms with Gasteiger partial charge in [-0.25, -0.2) is 9.59 Å². The molecule has 1 amide bonds. The van der Waals surface area contributed by atoms with E-state index in [1.807, 2.05) is 20.8 Å². The van der Waals surface area contributed by atoms with Gasteiger partial charge in [0.2, 0.25) is 0 Å². The molecule has 5 nitrogen and oxygen atoms in total. The average molecular weight is 243 g/mol. The maximum atomic E-state index is 11.9. The molecule has 0 N–H and O–H groups in total. The summed E-state index contributed by atoms with van der Waals surface area (Å²) < 4.78 is 9.99. The van der Waals surface area contributed by atoms with Crippen LogP contribution in [0.2, 0.25) is 0 Å². The summed E-state index contributed by atoms with van der Waals surface area (Å²) in [5.74, 6) is -0.365. The number of piperidine rings is 1. The Bertz CT molecular complexity index is 295. The van der Waals surface area contributed by atoms with Crippen LogP contribution in [0.15, 0.2) is 0 Å². The standard InChI is InChI=1S/C12H21NO4/c1-12(2,3)17-11(15)13-8-6-5-7-9(13)10(14)16-4/h9H,5-8H2,1-4H3. The Morgan fingerprint density at radius 3 is 2.41 bits per heavy atom. The third-order valence-electron chi connectivity index (χ3n) is 2.60. The Labute approximate surface area is 102 Å². The molecule has 1 fully saturated rings. The highest BCUT2D eigenvalue weighted by Crippen LogP contribution is 2.21. The van der Waals surface area contributed by atoms with Gasteiger partial charge in [0.25, 0.3) is 0 Å². The number of hydrogen-bond acceptors (Lipinski definition) is 4. The molecule has 0 aromatic rings. The fourth-order valence-corrected chi connectivity index (χ4v) is 1.85. The molecule has 0 aromatic carbocycles. The second-order valence-corrected chi connectivity index (χ2v) is 5.21. The second-order valence-electron chi connectivity index (χ2n) is 5.21. The van der Waals surface area contributed by atoms with Crippen LogP contribution in [0.4, 0.5) is 4.79 Å². The van der Waals surface area contributed by atoms with Crippen molar-refractivity contribution in [2.75, 3.05) is 13.7 Å². The minimum atomic E-state index is -0.546. The molecule has 1 aliphatic heterocycles. The van der Waals surface area contributed by atoms with Crippen molar-refractivity contribution in [3.05, 3.63) is 0 Å². The number of methoxy groups -OCH3 is 1. The van der Waals surface area contributed by atoms with E-state index in [2.05, 4.69) is 0 Å². The molecule has 98 valence electrons. The molecular weight excluding hydrogens is 222 g/mol. The molecule has 1 rings (SSSR count). The van der Waals surface area contributed by atoms with E-state index in [0.29, 0.717) is 13.0 Å². The van der Waals surface area contributed by atoms with Crippen molar-refractivity contribution in [1.82, 2.24) is 4.90 Å². The molecule has 0 saturated carbocycles. The summed E-state index contributed by atoms with van der Waals surface area (Å²) in [5.41, 5.74) is -0.546. The van der Waals surface area contributed by atoms with Gasteiger partial charge < -0.3 is 9.47 Å². The monoisotopic (exact) mass is 243 g/mol. The highest BCUT2D eigenvalue weighted by Gasteiger charge is 2.35. The van der Waals surface area contributed by atoms with E-state index in [-0.39, 0.29) is 5.97 Å². The average Bonchev–Trinajstić information content (AvgIpc) is 2.25. The molecule has 17 heavy (non-hydrogen) atoms. The van der Waals surface area contributed by atoms with Crippen molar-refractivity contribution in [3.8, 4) is 0 Å². The zero-order valence-corrected chi connectivity index (χ0v) is 11.0. The number of hydrogen-bond donors (Lipinski definition) is 0. The van der Waals surface area contributed by atoms with Gasteiger partial charge in [-0.1, -0.05) is 0 Å². The van der Waals surface area contributed by atoms with Crippen LogP contribution in [0.5, 0.6) is 0 Å². The lowest BCUT2D eigenvalue weighted by molar-refractivity contribution is -0.148. The van der Waals surface area contributed by atoms with Crippen molar-refractivity contribution in [3.63, 3.8) is 0 Å². The van der Waals surface area contributed by atoms with E-state index >= 15 is 0 Å². The van der Waals surface area contributed by atoms with Crippen LogP contribution in [0.1, 0.15) is 40.0 Å². The summed E-state index contributed by atoms with van der Waals surface area (Å²) >= 11 is 0. The molecule has 0 aromatic heterocycles. The van der Waals surface area contributed by atoms with E-state index in [0.717, 1.165) is 12.8 Å². The lowest BCUT2D eigenvalue weighted by atomic mass is 10.0. The number of rotatable bonds is 1. The lowest BCUT2D eigenvalue weighted by Gasteiger charge is -2.34. The smallest absolute Gasteiger partial charge is 0.411 e. The molecule has 1 unspecified atom stereocenters. The van der Waals surface area contributed by atoms with Crippen LogP contribution in [0.3, 0.4) is 0 Å². The Morgan fingerprint density at radius 2 is 1.88 bits per heavy atom. The minimum Gasteiger partial charge on any atom is -0.467 e. The molecule has 0 bridgehead atoms. The highest BCUT2D eigenvalue weighted by molar-refractivity contribution is 5.81. The fourth-order valence-electron chi connectivity index (χ4n) is 1.85. The fraction of sp³-hybridized carbons (Fsp3) is 0.833. The normalized spacial score (nSPS) is 20.9. The summed E-state index contributed by atoms with van der Waals surface area (Å²) in [4.78, 5) is 25.0. The number of carbonyl (C=O) groups excluding carboxylic acids is 2. The predicted molar refractivity (Wildman–Crippen MR) is 62.6 cm³/mol. The summed E-state index contributed by atoms with van der Waals surface area (Å²) in [7, 11) is 1.34. The first-order chi connectivity index (χ1) is 7.85. The van der Waals surface area contributed by atoms with Gasteiger partial charge in [0, 0.05) is 6.54 Å². The molecule has 0 spiro atoms. The number of esters is 1. The summed E-state index contributed by atoms with van der Waals surface area (Å²) in [6, 6.07) is -0.497. The number of nitrogens with zero attached hydrogens (tertiary/aromatic N) is 1. The van der Waals surface area contributed by atoms with Gasteiger partial charge in [0.1, 0.15) is 11.6 Å². The Hall–Kier alpha value is -1.26. The molecule has 1 heterocycles. The number of carbonyl (C=O) groups is 2. The zero-order valence-electron chi connectivity index (χ0n) is 11.0. The molecule has 5 heteroatoms. The van der Waals surface area contributed by atoms with E-state index in [1.165, 1.54) is 12.0 Å². The van der Waals surface area contributed by atoms with Crippen LogP contribution >= 0.6 is 0 Å². The van der Waals surface area contributed by atoms with Crippen LogP contribution in [-0.2, 0) is 14.3 Å². The van der Waals surface area contributed by atoms with Gasteiger partial charge in [-0.2, -0.15) is 0 Å². The Morgan fingerprint density at radius 1 is 1.24 bits per heavy atom. The zero-order chi connectivity index (χ0) is 13.1. The first-order valence-corrected chi connectivity index (χ1v) is 5.92. The van der Waals surface area contributed by atoms with E-state index in [4.69, 9.17) is 9.47 Å². The SMILES string of the molecule is COC(=O)C1CCCCN1C(=O)OC(C)(C)C. The van der Waals surface area contributed by atoms with E-state index in [1.54, 1.807) is 0 Å². The van der Waals surface area contributed by atoms with Crippen LogP contribution in [-0.4, -0.2) is 42.3 Å². The molecule has 1 atom stereocenters. The van der Waals surface area contributed by atoms with Crippen molar-refractivity contribution in [2.45, 2.75) is 51.7 Å². The molecule has 1 saturated heterocycles. The van der Waals surface area contributed by atoms with Crippen LogP contribution < -0.4 is 0 Å². The predicted octanol–water partition coefficient (Wildman–Crippen LogP) is 1.95. The van der Waals surface area contributed by atoms with Gasteiger partial charge in [-0.3, -0.25) is 4.90 Å². The van der Waals surface area contributed by atoms with Crippen molar-refractivity contribution in [1.29, 1.82) is 0 Å². The minimum absolute atomic E-state index is 0.365. The third kappa shape index (κ3) is 3.91. The first kappa shape index (κ1) is 13.8. The van der Waals surface area contributed by atoms with Gasteiger partial charge in [0.05, 0.1) is 7.11 Å². The van der Waals surface area contributed by atoms with Gasteiger partial charge in [-0.05, 0) is 40.0 Å². The van der Waals surface area contributed by atoms with Crippen LogP contribution in [0, 0.1) is 0 Å². The van der Waals surface area contributed by atoms with E-state index < -0.39 is 17.7 Å². The lowest BCUT2D eigenvalue weighted by Crippen LogP contribution is -2.50. The Balaban J connectivity index is 2.71. The summed E-state index contributed by atoms with van der Waals surface area (Å²) in [5, 5.41) is 0. The second kappa shape index (κ2) is 5.38. The molecule has 1 aliphatic rings. The topological polar surface area (TPSA) is 55.8 Å². The maximum absolute atomic E-state index is 11.9. The van der Waals surface area contributed by atoms with E-state index in [9.17, 15) is 9.59 Å². The number of likely N-dealkylation sites (tertiary alicyclic amines) is 1. The first-order valence-electron chi connectivity index (χ1n) is 5.92. The third-order valence-corrected chi connectivity index (χ3v) is 2.60. The number of ether oxygens (including phenoxy) is 2. The van der Waals surface area contributed by atoms with Crippen LogP contribution in [0.25, 0.3) is 0 Å². The Kier molecular flexibility index (Phi) is 4.37. The molecular formula is C12H21NO4. The van der Waals surface area contributed by atoms with Crippen molar-refractivity contribution < 1.29 is 19.1 Å². The van der Waals surface area contributed by atoms with Crippen molar-refractivity contribution >= 4 is 12.1 Å². The van der Waals surface area contributed by atoms with Gasteiger partial charge >= 0.3 is 12.1 Å². The van der Waals surface area contributed by atoms with Gasteiger partial charge in [0.15, 0.2) is 0 Å². The summed E-state index contributed by atoms with van der Waals surface area (Å²) in [6.45, 7) is 5.97. The van der Waals surface area contributed by atoms with Gasteiger partial charge in [-0.15, -0.1) is 0 Å². The molecule has 0 radical (unpaired) electrons. The quantitative estimate of drug-likeness (QED) is 0.660. The van der Waals surface area contributed by atoms with Crippen molar-refractivity contribution in [2.24, 2.45) is 0 Å². The number of amides is 1. The highest BCUT2D eigenvalue weighted by atomic mass is 16.6. The largest absolute Gasteiger partial charge is 0.467 e. The summed E-state index contributed by atoms with van der Waals surface area (Å²) in [6.07, 6.45) is 2.03. The maximum Gasteiger partial charge on any atom is 0.411 e. The molecule has 0 aliphatic carbocycles.